The first-order chi connectivity index (χ1) is 14.0. The summed E-state index contributed by atoms with van der Waals surface area (Å²) >= 11 is 0. The van der Waals surface area contributed by atoms with Gasteiger partial charge in [0.05, 0.1) is 0 Å². The minimum atomic E-state index is -0.233. The van der Waals surface area contributed by atoms with Gasteiger partial charge in [-0.15, -0.1) is 0 Å². The summed E-state index contributed by atoms with van der Waals surface area (Å²) in [5, 5.41) is 2.84. The van der Waals surface area contributed by atoms with E-state index >= 15 is 0 Å². The number of nitrogens with zero attached hydrogens (tertiary/aromatic N) is 1. The number of rotatable bonds is 5. The van der Waals surface area contributed by atoms with Gasteiger partial charge in [0.1, 0.15) is 11.3 Å². The second-order valence-corrected chi connectivity index (χ2v) is 7.23. The number of hydrogen-bond donors (Lipinski definition) is 1. The van der Waals surface area contributed by atoms with Gasteiger partial charge in [-0.1, -0.05) is 34.9 Å². The molecule has 0 radical (unpaired) electrons. The molecule has 4 rings (SSSR count). The van der Waals surface area contributed by atoms with Crippen molar-refractivity contribution in [2.45, 2.75) is 20.8 Å². The van der Waals surface area contributed by atoms with Gasteiger partial charge in [0, 0.05) is 11.3 Å². The fourth-order valence-corrected chi connectivity index (χ4v) is 3.21. The van der Waals surface area contributed by atoms with E-state index in [1.165, 1.54) is 0 Å². The molecule has 1 heterocycles. The first kappa shape index (κ1) is 18.7. The zero-order valence-corrected chi connectivity index (χ0v) is 16.7. The van der Waals surface area contributed by atoms with Crippen molar-refractivity contribution >= 4 is 22.7 Å². The Morgan fingerprint density at radius 1 is 0.931 bits per heavy atom. The Bertz CT molecular complexity index is 1160. The minimum Gasteiger partial charge on any atom is -0.484 e. The van der Waals surface area contributed by atoms with Crippen LogP contribution in [0.2, 0.25) is 0 Å². The highest BCUT2D eigenvalue weighted by Crippen LogP contribution is 2.27. The number of hydrogen-bond acceptors (Lipinski definition) is 4. The third-order valence-electron chi connectivity index (χ3n) is 4.53. The van der Waals surface area contributed by atoms with Gasteiger partial charge >= 0.3 is 0 Å². The number of ether oxygens (including phenoxy) is 1. The summed E-state index contributed by atoms with van der Waals surface area (Å²) in [4.78, 5) is 16.8. The van der Waals surface area contributed by atoms with Crippen LogP contribution in [-0.2, 0) is 4.79 Å². The average Bonchev–Trinajstić information content (AvgIpc) is 3.10. The smallest absolute Gasteiger partial charge is 0.262 e. The zero-order chi connectivity index (χ0) is 20.4. The van der Waals surface area contributed by atoms with Crippen molar-refractivity contribution in [3.05, 3.63) is 77.4 Å². The van der Waals surface area contributed by atoms with E-state index < -0.39 is 0 Å². The number of anilines is 1. The molecular weight excluding hydrogens is 364 g/mol. The maximum atomic E-state index is 12.2. The molecule has 0 unspecified atom stereocenters. The Kier molecular flexibility index (Phi) is 5.04. The second-order valence-electron chi connectivity index (χ2n) is 7.23. The van der Waals surface area contributed by atoms with E-state index in [0.717, 1.165) is 22.3 Å². The monoisotopic (exact) mass is 386 g/mol. The molecule has 1 N–H and O–H groups in total. The molecule has 0 spiro atoms. The summed E-state index contributed by atoms with van der Waals surface area (Å²) < 4.78 is 11.4. The summed E-state index contributed by atoms with van der Waals surface area (Å²) in [7, 11) is 0. The highest BCUT2D eigenvalue weighted by molar-refractivity contribution is 5.94. The zero-order valence-electron chi connectivity index (χ0n) is 16.7. The van der Waals surface area contributed by atoms with Gasteiger partial charge in [0.2, 0.25) is 5.89 Å². The van der Waals surface area contributed by atoms with E-state index in [-0.39, 0.29) is 12.5 Å². The summed E-state index contributed by atoms with van der Waals surface area (Å²) in [6.45, 7) is 6.03. The minimum absolute atomic E-state index is 0.0618. The van der Waals surface area contributed by atoms with E-state index in [2.05, 4.69) is 16.4 Å². The Morgan fingerprint density at radius 3 is 2.38 bits per heavy atom. The molecule has 0 saturated heterocycles. The van der Waals surface area contributed by atoms with Crippen LogP contribution in [0.1, 0.15) is 16.7 Å². The molecule has 0 fully saturated rings. The van der Waals surface area contributed by atoms with Crippen molar-refractivity contribution in [3.8, 4) is 17.2 Å². The number of oxazole rings is 1. The lowest BCUT2D eigenvalue weighted by Crippen LogP contribution is -2.20. The quantitative estimate of drug-likeness (QED) is 0.496. The lowest BCUT2D eigenvalue weighted by atomic mass is 10.1. The predicted molar refractivity (Wildman–Crippen MR) is 114 cm³/mol. The van der Waals surface area contributed by atoms with Crippen LogP contribution in [0.15, 0.2) is 65.1 Å². The lowest BCUT2D eigenvalue weighted by molar-refractivity contribution is -0.118. The summed E-state index contributed by atoms with van der Waals surface area (Å²) in [6, 6.07) is 19.2. The van der Waals surface area contributed by atoms with Crippen molar-refractivity contribution in [2.75, 3.05) is 11.9 Å². The Morgan fingerprint density at radius 2 is 1.66 bits per heavy atom. The molecule has 3 aromatic carbocycles. The first-order valence-corrected chi connectivity index (χ1v) is 9.45. The molecule has 0 atom stereocenters. The second kappa shape index (κ2) is 7.80. The molecule has 5 heteroatoms. The molecule has 1 amide bonds. The predicted octanol–water partition coefficient (Wildman–Crippen LogP) is 5.44. The number of aromatic nitrogens is 1. The maximum Gasteiger partial charge on any atom is 0.262 e. The van der Waals surface area contributed by atoms with E-state index in [1.807, 2.05) is 63.2 Å². The fraction of sp³-hybridized carbons (Fsp3) is 0.167. The Hall–Kier alpha value is -3.60. The van der Waals surface area contributed by atoms with Gasteiger partial charge < -0.3 is 14.5 Å². The SMILES string of the molecule is Cc1ccc(OCC(=O)Nc2ccc3oc(-c4cc(C)cc(C)c4)nc3c2)cc1. The molecule has 0 bridgehead atoms. The number of nitrogens with one attached hydrogen (secondary N) is 1. The van der Waals surface area contributed by atoms with E-state index in [1.54, 1.807) is 12.1 Å². The lowest BCUT2D eigenvalue weighted by Gasteiger charge is -2.07. The third kappa shape index (κ3) is 4.46. The molecule has 4 aromatic rings. The first-order valence-electron chi connectivity index (χ1n) is 9.45. The van der Waals surface area contributed by atoms with Gasteiger partial charge in [0.15, 0.2) is 12.2 Å². The number of benzene rings is 3. The van der Waals surface area contributed by atoms with Crippen molar-refractivity contribution in [1.82, 2.24) is 4.98 Å². The molecule has 0 aliphatic heterocycles. The Balaban J connectivity index is 1.47. The normalized spacial score (nSPS) is 10.9. The van der Waals surface area contributed by atoms with E-state index in [0.29, 0.717) is 28.4 Å². The van der Waals surface area contributed by atoms with Crippen LogP contribution < -0.4 is 10.1 Å². The largest absolute Gasteiger partial charge is 0.484 e. The highest BCUT2D eigenvalue weighted by Gasteiger charge is 2.11. The van der Waals surface area contributed by atoms with E-state index in [9.17, 15) is 4.79 Å². The molecule has 0 saturated carbocycles. The molecule has 5 nitrogen and oxygen atoms in total. The van der Waals surface area contributed by atoms with Crippen molar-refractivity contribution in [3.63, 3.8) is 0 Å². The summed E-state index contributed by atoms with van der Waals surface area (Å²) in [5.74, 6) is 0.997. The van der Waals surface area contributed by atoms with Crippen LogP contribution in [0, 0.1) is 20.8 Å². The fourth-order valence-electron chi connectivity index (χ4n) is 3.21. The number of carbonyl (C=O) groups excluding carboxylic acids is 1. The highest BCUT2D eigenvalue weighted by atomic mass is 16.5. The molecule has 0 aliphatic rings. The van der Waals surface area contributed by atoms with Crippen molar-refractivity contribution < 1.29 is 13.9 Å². The average molecular weight is 386 g/mol. The molecule has 1 aromatic heterocycles. The third-order valence-corrected chi connectivity index (χ3v) is 4.53. The number of aryl methyl sites for hydroxylation is 3. The van der Waals surface area contributed by atoms with Crippen molar-refractivity contribution in [1.29, 1.82) is 0 Å². The van der Waals surface area contributed by atoms with Crippen LogP contribution >= 0.6 is 0 Å². The van der Waals surface area contributed by atoms with Crippen LogP contribution in [0.3, 0.4) is 0 Å². The van der Waals surface area contributed by atoms with E-state index in [4.69, 9.17) is 9.15 Å². The standard InChI is InChI=1S/C24H22N2O3/c1-15-4-7-20(8-5-15)28-14-23(27)25-19-6-9-22-21(13-19)26-24(29-22)18-11-16(2)10-17(3)12-18/h4-13H,14H2,1-3H3,(H,25,27). The van der Waals surface area contributed by atoms with Gasteiger partial charge in [-0.2, -0.15) is 0 Å². The van der Waals surface area contributed by atoms with Crippen LogP contribution in [-0.4, -0.2) is 17.5 Å². The summed E-state index contributed by atoms with van der Waals surface area (Å²) in [5.41, 5.74) is 6.41. The van der Waals surface area contributed by atoms with Gasteiger partial charge in [-0.25, -0.2) is 4.98 Å². The van der Waals surface area contributed by atoms with Gasteiger partial charge in [0.25, 0.3) is 5.91 Å². The molecular formula is C24H22N2O3. The molecule has 0 aliphatic carbocycles. The number of carbonyl (C=O) groups is 1. The van der Waals surface area contributed by atoms with Crippen LogP contribution in [0.25, 0.3) is 22.6 Å². The van der Waals surface area contributed by atoms with Gasteiger partial charge in [-0.3, -0.25) is 4.79 Å². The van der Waals surface area contributed by atoms with Crippen LogP contribution in [0.5, 0.6) is 5.75 Å². The summed E-state index contributed by atoms with van der Waals surface area (Å²) in [6.07, 6.45) is 0. The van der Waals surface area contributed by atoms with Crippen LogP contribution in [0.4, 0.5) is 5.69 Å². The maximum absolute atomic E-state index is 12.2. The number of amides is 1. The molecule has 29 heavy (non-hydrogen) atoms. The van der Waals surface area contributed by atoms with Crippen molar-refractivity contribution in [2.24, 2.45) is 0 Å². The molecule has 146 valence electrons. The number of fused-ring (bicyclic) bond motifs is 1. The topological polar surface area (TPSA) is 64.4 Å². The van der Waals surface area contributed by atoms with Gasteiger partial charge in [-0.05, 0) is 63.2 Å². The Labute approximate surface area is 169 Å².